The van der Waals surface area contributed by atoms with Crippen molar-refractivity contribution >= 4 is 5.82 Å². The molecule has 1 N–H and O–H groups in total. The van der Waals surface area contributed by atoms with E-state index in [9.17, 15) is 4.79 Å². The van der Waals surface area contributed by atoms with Gasteiger partial charge in [-0.2, -0.15) is 0 Å². The van der Waals surface area contributed by atoms with Gasteiger partial charge in [-0.1, -0.05) is 0 Å². The molecule has 0 unspecified atom stereocenters. The number of piperidine rings is 1. The molecule has 0 bridgehead atoms. The van der Waals surface area contributed by atoms with Gasteiger partial charge in [0.25, 0.3) is 5.56 Å². The van der Waals surface area contributed by atoms with Crippen molar-refractivity contribution in [3.05, 3.63) is 22.7 Å². The van der Waals surface area contributed by atoms with E-state index in [0.717, 1.165) is 19.4 Å². The Kier molecular flexibility index (Phi) is 2.60. The largest absolute Gasteiger partial charge is 0.347 e. The summed E-state index contributed by atoms with van der Waals surface area (Å²) in [7, 11) is 0. The Morgan fingerprint density at radius 3 is 3.00 bits per heavy atom. The fourth-order valence-corrected chi connectivity index (χ4v) is 2.47. The van der Waals surface area contributed by atoms with Crippen molar-refractivity contribution in [3.8, 4) is 0 Å². The molecule has 92 valence electrons. The Balaban J connectivity index is 1.85. The summed E-state index contributed by atoms with van der Waals surface area (Å²) in [6.07, 6.45) is 4.95. The lowest BCUT2D eigenvalue weighted by atomic mass is 10.0. The van der Waals surface area contributed by atoms with Gasteiger partial charge in [-0.05, 0) is 6.42 Å². The summed E-state index contributed by atoms with van der Waals surface area (Å²) in [5, 5.41) is 0. The molecule has 0 atom stereocenters. The van der Waals surface area contributed by atoms with Crippen LogP contribution in [0.2, 0.25) is 0 Å². The zero-order valence-corrected chi connectivity index (χ0v) is 9.52. The molecule has 6 heteroatoms. The lowest BCUT2D eigenvalue weighted by Crippen LogP contribution is -2.50. The lowest BCUT2D eigenvalue weighted by molar-refractivity contribution is -0.161. The number of aromatic nitrogens is 2. The van der Waals surface area contributed by atoms with Crippen LogP contribution in [-0.4, -0.2) is 42.1 Å². The topological polar surface area (TPSA) is 67.5 Å². The Labute approximate surface area is 98.6 Å². The Hall–Kier alpha value is -1.40. The molecular formula is C11H15N3O3. The molecule has 0 radical (unpaired) electrons. The average molecular weight is 237 g/mol. The molecule has 2 saturated heterocycles. The van der Waals surface area contributed by atoms with E-state index in [4.69, 9.17) is 9.47 Å². The molecule has 2 fully saturated rings. The fourth-order valence-electron chi connectivity index (χ4n) is 2.47. The molecule has 0 amide bonds. The first-order chi connectivity index (χ1) is 8.29. The molecule has 3 rings (SSSR count). The Morgan fingerprint density at radius 1 is 1.41 bits per heavy atom. The van der Waals surface area contributed by atoms with Gasteiger partial charge in [0.1, 0.15) is 0 Å². The van der Waals surface area contributed by atoms with Crippen LogP contribution in [0.4, 0.5) is 5.82 Å². The standard InChI is InChI=1S/C11H15N3O3/c15-10-9(12-3-4-13-10)14-5-1-2-11(8-14)16-6-7-17-11/h3-4H,1-2,5-8H2,(H,13,15). The average Bonchev–Trinajstić information content (AvgIpc) is 2.78. The molecular weight excluding hydrogens is 222 g/mol. The second-order valence-electron chi connectivity index (χ2n) is 4.37. The minimum absolute atomic E-state index is 0.164. The van der Waals surface area contributed by atoms with E-state index in [0.29, 0.717) is 25.6 Å². The van der Waals surface area contributed by atoms with Crippen molar-refractivity contribution < 1.29 is 9.47 Å². The molecule has 1 aromatic heterocycles. The van der Waals surface area contributed by atoms with Crippen LogP contribution in [0.25, 0.3) is 0 Å². The number of hydrogen-bond acceptors (Lipinski definition) is 5. The first-order valence-corrected chi connectivity index (χ1v) is 5.86. The summed E-state index contributed by atoms with van der Waals surface area (Å²) in [5.41, 5.74) is -0.164. The van der Waals surface area contributed by atoms with Crippen molar-refractivity contribution in [1.29, 1.82) is 0 Å². The van der Waals surface area contributed by atoms with Crippen LogP contribution in [0.5, 0.6) is 0 Å². The zero-order valence-electron chi connectivity index (χ0n) is 9.52. The van der Waals surface area contributed by atoms with Gasteiger partial charge < -0.3 is 19.4 Å². The van der Waals surface area contributed by atoms with Crippen LogP contribution in [0.1, 0.15) is 12.8 Å². The highest BCUT2D eigenvalue weighted by molar-refractivity contribution is 5.36. The number of aromatic amines is 1. The summed E-state index contributed by atoms with van der Waals surface area (Å²) in [6.45, 7) is 2.65. The van der Waals surface area contributed by atoms with Crippen molar-refractivity contribution in [2.75, 3.05) is 31.2 Å². The molecule has 0 aromatic carbocycles. The second-order valence-corrected chi connectivity index (χ2v) is 4.37. The van der Waals surface area contributed by atoms with Gasteiger partial charge in [-0.25, -0.2) is 4.98 Å². The zero-order chi connectivity index (χ0) is 11.7. The Morgan fingerprint density at radius 2 is 2.24 bits per heavy atom. The van der Waals surface area contributed by atoms with Crippen molar-refractivity contribution in [3.63, 3.8) is 0 Å². The highest BCUT2D eigenvalue weighted by Crippen LogP contribution is 2.30. The van der Waals surface area contributed by atoms with Gasteiger partial charge in [-0.3, -0.25) is 4.79 Å². The van der Waals surface area contributed by atoms with Crippen molar-refractivity contribution in [2.45, 2.75) is 18.6 Å². The first kappa shape index (κ1) is 10.7. The van der Waals surface area contributed by atoms with Crippen LogP contribution in [-0.2, 0) is 9.47 Å². The summed E-state index contributed by atoms with van der Waals surface area (Å²) in [5.74, 6) is -0.0759. The SMILES string of the molecule is O=c1[nH]ccnc1N1CCCC2(C1)OCCO2. The van der Waals surface area contributed by atoms with Crippen LogP contribution in [0, 0.1) is 0 Å². The number of hydrogen-bond donors (Lipinski definition) is 1. The van der Waals surface area contributed by atoms with Crippen LogP contribution >= 0.6 is 0 Å². The molecule has 2 aliphatic rings. The number of nitrogens with zero attached hydrogens (tertiary/aromatic N) is 2. The number of rotatable bonds is 1. The van der Waals surface area contributed by atoms with Crippen molar-refractivity contribution in [1.82, 2.24) is 9.97 Å². The molecule has 2 aliphatic heterocycles. The van der Waals surface area contributed by atoms with E-state index < -0.39 is 5.79 Å². The quantitative estimate of drug-likeness (QED) is 0.751. The van der Waals surface area contributed by atoms with Gasteiger partial charge in [-0.15, -0.1) is 0 Å². The van der Waals surface area contributed by atoms with E-state index in [1.54, 1.807) is 6.20 Å². The van der Waals surface area contributed by atoms with Gasteiger partial charge in [0, 0.05) is 25.4 Å². The maximum atomic E-state index is 11.7. The maximum absolute atomic E-state index is 11.7. The van der Waals surface area contributed by atoms with Gasteiger partial charge in [0.2, 0.25) is 0 Å². The highest BCUT2D eigenvalue weighted by Gasteiger charge is 2.41. The molecule has 17 heavy (non-hydrogen) atoms. The summed E-state index contributed by atoms with van der Waals surface area (Å²) >= 11 is 0. The number of anilines is 1. The van der Waals surface area contributed by atoms with Gasteiger partial charge >= 0.3 is 0 Å². The minimum Gasteiger partial charge on any atom is -0.347 e. The van der Waals surface area contributed by atoms with E-state index in [-0.39, 0.29) is 5.56 Å². The lowest BCUT2D eigenvalue weighted by Gasteiger charge is -2.38. The van der Waals surface area contributed by atoms with Gasteiger partial charge in [0.15, 0.2) is 11.6 Å². The van der Waals surface area contributed by atoms with Crippen LogP contribution in [0.15, 0.2) is 17.2 Å². The maximum Gasteiger partial charge on any atom is 0.290 e. The van der Waals surface area contributed by atoms with E-state index >= 15 is 0 Å². The number of H-pyrrole nitrogens is 1. The first-order valence-electron chi connectivity index (χ1n) is 5.86. The third-order valence-electron chi connectivity index (χ3n) is 3.22. The second kappa shape index (κ2) is 4.12. The normalized spacial score (nSPS) is 23.2. The predicted molar refractivity (Wildman–Crippen MR) is 60.9 cm³/mol. The van der Waals surface area contributed by atoms with Gasteiger partial charge in [0.05, 0.1) is 19.8 Å². The van der Waals surface area contributed by atoms with E-state index in [1.165, 1.54) is 6.20 Å². The van der Waals surface area contributed by atoms with Crippen molar-refractivity contribution in [2.24, 2.45) is 0 Å². The fraction of sp³-hybridized carbons (Fsp3) is 0.636. The van der Waals surface area contributed by atoms with Crippen LogP contribution in [0.3, 0.4) is 0 Å². The molecule has 1 spiro atoms. The van der Waals surface area contributed by atoms with Crippen LogP contribution < -0.4 is 10.5 Å². The third-order valence-corrected chi connectivity index (χ3v) is 3.22. The number of ether oxygens (including phenoxy) is 2. The summed E-state index contributed by atoms with van der Waals surface area (Å²) in [6, 6.07) is 0. The molecule has 1 aromatic rings. The molecule has 6 nitrogen and oxygen atoms in total. The summed E-state index contributed by atoms with van der Waals surface area (Å²) < 4.78 is 11.3. The molecule has 3 heterocycles. The minimum atomic E-state index is -0.526. The molecule has 0 aliphatic carbocycles. The Bertz CT molecular complexity index is 453. The predicted octanol–water partition coefficient (Wildman–Crippen LogP) is 0.113. The third kappa shape index (κ3) is 1.94. The molecule has 0 saturated carbocycles. The van der Waals surface area contributed by atoms with E-state index in [2.05, 4.69) is 9.97 Å². The highest BCUT2D eigenvalue weighted by atomic mass is 16.7. The summed E-state index contributed by atoms with van der Waals surface area (Å²) in [4.78, 5) is 20.4. The smallest absolute Gasteiger partial charge is 0.290 e. The number of nitrogens with one attached hydrogen (secondary N) is 1. The van der Waals surface area contributed by atoms with E-state index in [1.807, 2.05) is 4.90 Å². The monoisotopic (exact) mass is 237 g/mol.